The Bertz CT molecular complexity index is 962. The number of halogens is 1. The molecule has 2 aromatic carbocycles. The van der Waals surface area contributed by atoms with Gasteiger partial charge in [-0.2, -0.15) is 0 Å². The van der Waals surface area contributed by atoms with Crippen LogP contribution < -0.4 is 4.74 Å². The number of hydrogen-bond acceptors (Lipinski definition) is 4. The normalized spacial score (nSPS) is 11.3. The van der Waals surface area contributed by atoms with Crippen LogP contribution in [0.25, 0.3) is 10.9 Å². The molecule has 25 heavy (non-hydrogen) atoms. The van der Waals surface area contributed by atoms with Crippen LogP contribution >= 0.6 is 11.6 Å². The molecule has 7 heteroatoms. The maximum Gasteiger partial charge on any atom is 0.302 e. The maximum absolute atomic E-state index is 11.8. The lowest BCUT2D eigenvalue weighted by molar-refractivity contribution is -0.120. The number of benzene rings is 2. The zero-order valence-electron chi connectivity index (χ0n) is 13.7. The molecule has 1 aromatic heterocycles. The third kappa shape index (κ3) is 3.64. The van der Waals surface area contributed by atoms with Crippen LogP contribution in [0.4, 0.5) is 5.69 Å². The summed E-state index contributed by atoms with van der Waals surface area (Å²) in [4.78, 5) is 14.6. The fraction of sp³-hybridized carbons (Fsp3) is 0.167. The Labute approximate surface area is 149 Å². The highest BCUT2D eigenvalue weighted by Gasteiger charge is 2.14. The van der Waals surface area contributed by atoms with Crippen molar-refractivity contribution >= 4 is 34.1 Å². The molecule has 0 spiro atoms. The number of aryl methyl sites for hydroxylation is 2. The molecule has 0 bridgehead atoms. The Morgan fingerprint density at radius 2 is 1.92 bits per heavy atom. The van der Waals surface area contributed by atoms with Crippen molar-refractivity contribution in [2.45, 2.75) is 13.8 Å². The van der Waals surface area contributed by atoms with Gasteiger partial charge in [0.05, 0.1) is 5.52 Å². The second-order valence-corrected chi connectivity index (χ2v) is 6.02. The van der Waals surface area contributed by atoms with Gasteiger partial charge in [0.15, 0.2) is 12.3 Å². The molecule has 128 valence electrons. The first-order valence-electron chi connectivity index (χ1n) is 7.59. The van der Waals surface area contributed by atoms with Crippen LogP contribution in [0.3, 0.4) is 0 Å². The van der Waals surface area contributed by atoms with Crippen molar-refractivity contribution in [2.75, 3.05) is 6.61 Å². The summed E-state index contributed by atoms with van der Waals surface area (Å²) in [6.07, 6.45) is 0. The molecule has 1 amide bonds. The number of aromatic nitrogens is 1. The Morgan fingerprint density at radius 3 is 2.64 bits per heavy atom. The van der Waals surface area contributed by atoms with Crippen molar-refractivity contribution < 1.29 is 14.6 Å². The molecule has 0 unspecified atom stereocenters. The van der Waals surface area contributed by atoms with E-state index in [-0.39, 0.29) is 18.2 Å². The molecular weight excluding hydrogens is 342 g/mol. The summed E-state index contributed by atoms with van der Waals surface area (Å²) < 4.78 is 5.35. The van der Waals surface area contributed by atoms with Crippen LogP contribution in [-0.2, 0) is 4.79 Å². The lowest BCUT2D eigenvalue weighted by Gasteiger charge is -2.02. The van der Waals surface area contributed by atoms with Gasteiger partial charge >= 0.3 is 5.91 Å². The zero-order valence-corrected chi connectivity index (χ0v) is 14.5. The molecule has 0 saturated heterocycles. The van der Waals surface area contributed by atoms with Gasteiger partial charge in [-0.3, -0.25) is 4.79 Å². The number of aromatic hydroxyl groups is 1. The van der Waals surface area contributed by atoms with Crippen molar-refractivity contribution in [1.82, 2.24) is 4.98 Å². The average molecular weight is 358 g/mol. The lowest BCUT2D eigenvalue weighted by atomic mass is 10.1. The van der Waals surface area contributed by atoms with Gasteiger partial charge in [-0.25, -0.2) is 0 Å². The number of rotatable bonds is 4. The van der Waals surface area contributed by atoms with Crippen molar-refractivity contribution in [2.24, 2.45) is 10.2 Å². The Kier molecular flexibility index (Phi) is 4.72. The lowest BCUT2D eigenvalue weighted by Crippen LogP contribution is -2.07. The van der Waals surface area contributed by atoms with Crippen molar-refractivity contribution in [1.29, 1.82) is 0 Å². The number of azo groups is 1. The van der Waals surface area contributed by atoms with Gasteiger partial charge in [0.25, 0.3) is 0 Å². The summed E-state index contributed by atoms with van der Waals surface area (Å²) >= 11 is 6.06. The van der Waals surface area contributed by atoms with E-state index < -0.39 is 5.91 Å². The number of hydrogen-bond donors (Lipinski definition) is 2. The van der Waals surface area contributed by atoms with Crippen LogP contribution in [0.5, 0.6) is 11.6 Å². The fourth-order valence-corrected chi connectivity index (χ4v) is 2.52. The molecule has 0 aliphatic rings. The van der Waals surface area contributed by atoms with Crippen molar-refractivity contribution in [3.63, 3.8) is 0 Å². The third-order valence-corrected chi connectivity index (χ3v) is 4.18. The first-order chi connectivity index (χ1) is 12.0. The molecule has 0 atom stereocenters. The van der Waals surface area contributed by atoms with Crippen LogP contribution in [0, 0.1) is 13.8 Å². The summed E-state index contributed by atoms with van der Waals surface area (Å²) in [5, 5.41) is 18.7. The van der Waals surface area contributed by atoms with Gasteiger partial charge in [0.1, 0.15) is 5.75 Å². The third-order valence-electron chi connectivity index (χ3n) is 3.77. The molecule has 0 fully saturated rings. The summed E-state index contributed by atoms with van der Waals surface area (Å²) in [5.41, 5.74) is 2.73. The van der Waals surface area contributed by atoms with E-state index in [2.05, 4.69) is 15.2 Å². The molecule has 3 rings (SSSR count). The van der Waals surface area contributed by atoms with E-state index in [0.29, 0.717) is 21.7 Å². The average Bonchev–Trinajstić information content (AvgIpc) is 2.92. The molecule has 6 nitrogen and oxygen atoms in total. The predicted molar refractivity (Wildman–Crippen MR) is 95.9 cm³/mol. The number of nitrogens with zero attached hydrogens (tertiary/aromatic N) is 2. The van der Waals surface area contributed by atoms with Crippen LogP contribution in [0.2, 0.25) is 5.02 Å². The second kappa shape index (κ2) is 6.94. The largest absolute Gasteiger partial charge is 0.493 e. The minimum absolute atomic E-state index is 0.170. The predicted octanol–water partition coefficient (Wildman–Crippen LogP) is 4.83. The molecule has 1 heterocycles. The molecule has 3 aromatic rings. The van der Waals surface area contributed by atoms with Gasteiger partial charge < -0.3 is 14.8 Å². The first-order valence-corrected chi connectivity index (χ1v) is 7.97. The van der Waals surface area contributed by atoms with Gasteiger partial charge in [-0.05, 0) is 43.7 Å². The van der Waals surface area contributed by atoms with Crippen molar-refractivity contribution in [3.8, 4) is 11.6 Å². The summed E-state index contributed by atoms with van der Waals surface area (Å²) in [6, 6.07) is 10.7. The maximum atomic E-state index is 11.8. The number of carbonyl (C=O) groups is 1. The monoisotopic (exact) mass is 357 g/mol. The van der Waals surface area contributed by atoms with Crippen LogP contribution in [0.15, 0.2) is 46.6 Å². The van der Waals surface area contributed by atoms with Gasteiger partial charge in [0.2, 0.25) is 5.88 Å². The summed E-state index contributed by atoms with van der Waals surface area (Å²) in [5.74, 6) is -0.147. The topological polar surface area (TPSA) is 87.0 Å². The van der Waals surface area contributed by atoms with E-state index in [1.165, 1.54) is 0 Å². The van der Waals surface area contributed by atoms with E-state index in [9.17, 15) is 9.90 Å². The number of nitrogens with one attached hydrogen (secondary N) is 1. The van der Waals surface area contributed by atoms with Crippen molar-refractivity contribution in [3.05, 3.63) is 52.5 Å². The number of amides is 1. The van der Waals surface area contributed by atoms with E-state index in [4.69, 9.17) is 16.3 Å². The Balaban J connectivity index is 1.74. The molecule has 0 radical (unpaired) electrons. The van der Waals surface area contributed by atoms with Gasteiger partial charge in [-0.15, -0.1) is 10.2 Å². The first kappa shape index (κ1) is 17.0. The van der Waals surface area contributed by atoms with E-state index in [1.807, 2.05) is 26.0 Å². The second-order valence-electron chi connectivity index (χ2n) is 5.61. The number of fused-ring (bicyclic) bond motifs is 1. The standard InChI is InChI=1S/C18H16ClN3O3/c1-10-3-5-12(6-4-10)25-9-15(23)21-22-17-13-7-8-14(19)11(2)16(13)20-18(17)24/h3-8,20,24H,9H2,1-2H3. The molecule has 0 aliphatic carbocycles. The Morgan fingerprint density at radius 1 is 1.20 bits per heavy atom. The fourth-order valence-electron chi connectivity index (χ4n) is 2.37. The number of carbonyl (C=O) groups excluding carboxylic acids is 1. The van der Waals surface area contributed by atoms with E-state index in [1.54, 1.807) is 24.3 Å². The molecule has 0 aliphatic heterocycles. The smallest absolute Gasteiger partial charge is 0.302 e. The number of aromatic amines is 1. The van der Waals surface area contributed by atoms with Gasteiger partial charge in [-0.1, -0.05) is 29.3 Å². The quantitative estimate of drug-likeness (QED) is 0.655. The Hall–Kier alpha value is -2.86. The highest BCUT2D eigenvalue weighted by molar-refractivity contribution is 6.32. The molecular formula is C18H16ClN3O3. The van der Waals surface area contributed by atoms with Crippen LogP contribution in [0.1, 0.15) is 11.1 Å². The van der Waals surface area contributed by atoms with Crippen LogP contribution in [-0.4, -0.2) is 22.6 Å². The summed E-state index contributed by atoms with van der Waals surface area (Å²) in [6.45, 7) is 3.55. The highest BCUT2D eigenvalue weighted by atomic mass is 35.5. The van der Waals surface area contributed by atoms with Gasteiger partial charge in [0, 0.05) is 10.4 Å². The SMILES string of the molecule is Cc1ccc(OCC(=O)N=Nc2c(O)[nH]c3c(C)c(Cl)ccc23)cc1. The molecule has 0 saturated carbocycles. The number of H-pyrrole nitrogens is 1. The highest BCUT2D eigenvalue weighted by Crippen LogP contribution is 2.38. The number of ether oxygens (including phenoxy) is 1. The molecule has 2 N–H and O–H groups in total. The summed E-state index contributed by atoms with van der Waals surface area (Å²) in [7, 11) is 0. The zero-order chi connectivity index (χ0) is 18.0. The van der Waals surface area contributed by atoms with E-state index >= 15 is 0 Å². The minimum Gasteiger partial charge on any atom is -0.493 e. The minimum atomic E-state index is -0.556. The van der Waals surface area contributed by atoms with E-state index in [0.717, 1.165) is 11.1 Å².